The summed E-state index contributed by atoms with van der Waals surface area (Å²) >= 11 is 1.50. The molecule has 25 heavy (non-hydrogen) atoms. The number of amides is 1. The van der Waals surface area contributed by atoms with Crippen molar-refractivity contribution in [3.63, 3.8) is 0 Å². The number of ketones is 1. The maximum absolute atomic E-state index is 12.5. The summed E-state index contributed by atoms with van der Waals surface area (Å²) in [5, 5.41) is 4.69. The highest BCUT2D eigenvalue weighted by Gasteiger charge is 2.12. The number of hydrogen-bond donors (Lipinski definition) is 1. The Bertz CT molecular complexity index is 891. The lowest BCUT2D eigenvalue weighted by molar-refractivity contribution is 0.101. The SMILES string of the molecule is CC(=O)c1ccccc1NC(=O)c1cccc(OCc2cscn2)c1. The van der Waals surface area contributed by atoms with E-state index in [2.05, 4.69) is 10.3 Å². The molecule has 1 heterocycles. The highest BCUT2D eigenvalue weighted by Crippen LogP contribution is 2.19. The van der Waals surface area contributed by atoms with E-state index in [9.17, 15) is 9.59 Å². The summed E-state index contributed by atoms with van der Waals surface area (Å²) in [6.45, 7) is 1.82. The molecule has 0 spiro atoms. The van der Waals surface area contributed by atoms with Gasteiger partial charge in [-0.05, 0) is 37.3 Å². The van der Waals surface area contributed by atoms with Gasteiger partial charge in [-0.1, -0.05) is 18.2 Å². The van der Waals surface area contributed by atoms with Crippen LogP contribution in [0.15, 0.2) is 59.4 Å². The zero-order valence-corrected chi connectivity index (χ0v) is 14.4. The molecule has 6 heteroatoms. The summed E-state index contributed by atoms with van der Waals surface area (Å²) in [6, 6.07) is 13.8. The second kappa shape index (κ2) is 7.72. The molecule has 0 aliphatic rings. The van der Waals surface area contributed by atoms with Crippen LogP contribution in [-0.2, 0) is 6.61 Å². The predicted octanol–water partition coefficient (Wildman–Crippen LogP) is 4.18. The first kappa shape index (κ1) is 16.9. The van der Waals surface area contributed by atoms with E-state index in [1.165, 1.54) is 18.3 Å². The third-order valence-corrected chi connectivity index (χ3v) is 4.16. The number of aromatic nitrogens is 1. The smallest absolute Gasteiger partial charge is 0.255 e. The molecule has 0 saturated carbocycles. The molecule has 0 aliphatic carbocycles. The van der Waals surface area contributed by atoms with E-state index in [1.807, 2.05) is 5.38 Å². The topological polar surface area (TPSA) is 68.3 Å². The summed E-state index contributed by atoms with van der Waals surface area (Å²) in [5.74, 6) is 0.185. The van der Waals surface area contributed by atoms with E-state index in [1.54, 1.807) is 54.0 Å². The van der Waals surface area contributed by atoms with Crippen LogP contribution >= 0.6 is 11.3 Å². The van der Waals surface area contributed by atoms with Gasteiger partial charge < -0.3 is 10.1 Å². The molecule has 126 valence electrons. The minimum absolute atomic E-state index is 0.101. The Morgan fingerprint density at radius 1 is 1.16 bits per heavy atom. The Morgan fingerprint density at radius 2 is 2.00 bits per heavy atom. The molecule has 3 rings (SSSR count). The lowest BCUT2D eigenvalue weighted by Gasteiger charge is -2.10. The van der Waals surface area contributed by atoms with Gasteiger partial charge in [-0.3, -0.25) is 9.59 Å². The molecule has 5 nitrogen and oxygen atoms in total. The first-order valence-electron chi connectivity index (χ1n) is 7.65. The minimum Gasteiger partial charge on any atom is -0.487 e. The Hall–Kier alpha value is -2.99. The number of anilines is 1. The number of carbonyl (C=O) groups excluding carboxylic acids is 2. The summed E-state index contributed by atoms with van der Waals surface area (Å²) in [4.78, 5) is 28.3. The van der Waals surface area contributed by atoms with Crippen molar-refractivity contribution in [3.05, 3.63) is 76.2 Å². The number of nitrogens with zero attached hydrogens (tertiary/aromatic N) is 1. The van der Waals surface area contributed by atoms with E-state index in [0.717, 1.165) is 5.69 Å². The van der Waals surface area contributed by atoms with Gasteiger partial charge in [0.1, 0.15) is 12.4 Å². The van der Waals surface area contributed by atoms with Gasteiger partial charge in [-0.2, -0.15) is 0 Å². The predicted molar refractivity (Wildman–Crippen MR) is 97.3 cm³/mol. The largest absolute Gasteiger partial charge is 0.487 e. The number of rotatable bonds is 6. The maximum atomic E-state index is 12.5. The number of thiazole rings is 1. The molecular weight excluding hydrogens is 336 g/mol. The third kappa shape index (κ3) is 4.30. The van der Waals surface area contributed by atoms with Gasteiger partial charge >= 0.3 is 0 Å². The van der Waals surface area contributed by atoms with E-state index >= 15 is 0 Å². The summed E-state index contributed by atoms with van der Waals surface area (Å²) < 4.78 is 5.66. The van der Waals surface area contributed by atoms with Crippen LogP contribution < -0.4 is 10.1 Å². The molecule has 0 saturated heterocycles. The van der Waals surface area contributed by atoms with Gasteiger partial charge in [0, 0.05) is 16.5 Å². The zero-order valence-electron chi connectivity index (χ0n) is 13.6. The summed E-state index contributed by atoms with van der Waals surface area (Å²) in [5.41, 5.74) is 4.01. The molecule has 0 unspecified atom stereocenters. The molecule has 0 bridgehead atoms. The molecule has 0 aliphatic heterocycles. The van der Waals surface area contributed by atoms with Crippen LogP contribution in [-0.4, -0.2) is 16.7 Å². The van der Waals surface area contributed by atoms with Crippen molar-refractivity contribution in [2.45, 2.75) is 13.5 Å². The highest BCUT2D eigenvalue weighted by atomic mass is 32.1. The van der Waals surface area contributed by atoms with Crippen molar-refractivity contribution in [2.75, 3.05) is 5.32 Å². The monoisotopic (exact) mass is 352 g/mol. The molecular formula is C19H16N2O3S. The quantitative estimate of drug-likeness (QED) is 0.676. The van der Waals surface area contributed by atoms with Gasteiger partial charge in [-0.25, -0.2) is 4.98 Å². The average molecular weight is 352 g/mol. The van der Waals surface area contributed by atoms with Gasteiger partial charge in [-0.15, -0.1) is 11.3 Å². The lowest BCUT2D eigenvalue weighted by Crippen LogP contribution is -2.14. The molecule has 0 fully saturated rings. The summed E-state index contributed by atoms with van der Waals surface area (Å²) in [6.07, 6.45) is 0. The van der Waals surface area contributed by atoms with Crippen molar-refractivity contribution in [2.24, 2.45) is 0 Å². The number of benzene rings is 2. The number of nitrogens with one attached hydrogen (secondary N) is 1. The number of Topliss-reactive ketones (excluding diaryl/α,β-unsaturated/α-hetero) is 1. The molecule has 1 N–H and O–H groups in total. The van der Waals surface area contributed by atoms with Gasteiger partial charge in [0.15, 0.2) is 5.78 Å². The van der Waals surface area contributed by atoms with Gasteiger partial charge in [0.05, 0.1) is 16.9 Å². The zero-order chi connectivity index (χ0) is 17.6. The van der Waals surface area contributed by atoms with E-state index in [0.29, 0.717) is 29.2 Å². The van der Waals surface area contributed by atoms with Crippen LogP contribution in [0.5, 0.6) is 5.75 Å². The fourth-order valence-electron chi connectivity index (χ4n) is 2.29. The van der Waals surface area contributed by atoms with Gasteiger partial charge in [0.2, 0.25) is 0 Å². The standard InChI is InChI=1S/C19H16N2O3S/c1-13(22)17-7-2-3-8-18(17)21-19(23)14-5-4-6-16(9-14)24-10-15-11-25-12-20-15/h2-9,11-12H,10H2,1H3,(H,21,23). The number of carbonyl (C=O) groups is 2. The van der Waals surface area contributed by atoms with Crippen LogP contribution in [0.3, 0.4) is 0 Å². The Kier molecular flexibility index (Phi) is 5.20. The first-order valence-corrected chi connectivity index (χ1v) is 8.59. The number of hydrogen-bond acceptors (Lipinski definition) is 5. The molecule has 1 aromatic heterocycles. The lowest BCUT2D eigenvalue weighted by atomic mass is 10.1. The number of ether oxygens (including phenoxy) is 1. The Labute approximate surface area is 149 Å². The fraction of sp³-hybridized carbons (Fsp3) is 0.105. The average Bonchev–Trinajstić information content (AvgIpc) is 3.14. The molecule has 3 aromatic rings. The maximum Gasteiger partial charge on any atom is 0.255 e. The third-order valence-electron chi connectivity index (χ3n) is 3.52. The first-order chi connectivity index (χ1) is 12.1. The van der Waals surface area contributed by atoms with E-state index < -0.39 is 0 Å². The molecule has 0 atom stereocenters. The van der Waals surface area contributed by atoms with Crippen molar-refractivity contribution in [1.82, 2.24) is 4.98 Å². The van der Waals surface area contributed by atoms with Crippen molar-refractivity contribution < 1.29 is 14.3 Å². The Morgan fingerprint density at radius 3 is 2.76 bits per heavy atom. The highest BCUT2D eigenvalue weighted by molar-refractivity contribution is 7.07. The van der Waals surface area contributed by atoms with Crippen LogP contribution in [0.1, 0.15) is 33.3 Å². The van der Waals surface area contributed by atoms with E-state index in [-0.39, 0.29) is 11.7 Å². The minimum atomic E-state index is -0.298. The Balaban J connectivity index is 1.72. The van der Waals surface area contributed by atoms with Crippen LogP contribution in [0, 0.1) is 0 Å². The molecule has 2 aromatic carbocycles. The van der Waals surface area contributed by atoms with Crippen molar-refractivity contribution >= 4 is 28.7 Å². The second-order valence-electron chi connectivity index (χ2n) is 5.35. The normalized spacial score (nSPS) is 10.3. The van der Waals surface area contributed by atoms with Crippen molar-refractivity contribution in [3.8, 4) is 5.75 Å². The number of para-hydroxylation sites is 1. The van der Waals surface area contributed by atoms with Crippen LogP contribution in [0.25, 0.3) is 0 Å². The van der Waals surface area contributed by atoms with Crippen LogP contribution in [0.4, 0.5) is 5.69 Å². The van der Waals surface area contributed by atoms with Gasteiger partial charge in [0.25, 0.3) is 5.91 Å². The fourth-order valence-corrected chi connectivity index (χ4v) is 2.83. The van der Waals surface area contributed by atoms with Crippen molar-refractivity contribution in [1.29, 1.82) is 0 Å². The molecule has 0 radical (unpaired) electrons. The van der Waals surface area contributed by atoms with E-state index in [4.69, 9.17) is 4.74 Å². The molecule has 1 amide bonds. The van der Waals surface area contributed by atoms with Crippen LogP contribution in [0.2, 0.25) is 0 Å². The summed E-state index contributed by atoms with van der Waals surface area (Å²) in [7, 11) is 0. The second-order valence-corrected chi connectivity index (χ2v) is 6.07.